The van der Waals surface area contributed by atoms with Gasteiger partial charge in [0, 0.05) is 58.1 Å². The minimum Gasteiger partial charge on any atom is -0.379 e. The Bertz CT molecular complexity index is 861. The van der Waals surface area contributed by atoms with Crippen LogP contribution in [-0.2, 0) is 17.8 Å². The molecule has 154 valence electrons. The number of benzene rings is 2. The zero-order valence-electron chi connectivity index (χ0n) is 16.8. The third-order valence-corrected chi connectivity index (χ3v) is 4.90. The van der Waals surface area contributed by atoms with Gasteiger partial charge in [0.1, 0.15) is 0 Å². The number of morpholine rings is 1. The largest absolute Gasteiger partial charge is 0.379 e. The maximum absolute atomic E-state index is 12.7. The van der Waals surface area contributed by atoms with Gasteiger partial charge >= 0.3 is 0 Å². The van der Waals surface area contributed by atoms with E-state index in [1.807, 2.05) is 12.1 Å². The van der Waals surface area contributed by atoms with Gasteiger partial charge in [-0.1, -0.05) is 24.3 Å². The summed E-state index contributed by atoms with van der Waals surface area (Å²) in [5.74, 6) is -0.338. The zero-order valence-corrected chi connectivity index (χ0v) is 16.8. The molecule has 0 unspecified atom stereocenters. The smallest absolute Gasteiger partial charge is 0.270 e. The first-order valence-electron chi connectivity index (χ1n) is 9.56. The molecule has 3 rings (SSSR count). The molecule has 2 aromatic rings. The molecule has 8 heteroatoms. The summed E-state index contributed by atoms with van der Waals surface area (Å²) in [5.41, 5.74) is 3.01. The molecule has 0 spiro atoms. The fraction of sp³-hybridized carbons (Fsp3) is 0.381. The fourth-order valence-electron chi connectivity index (χ4n) is 3.27. The second-order valence-corrected chi connectivity index (χ2v) is 7.24. The highest BCUT2D eigenvalue weighted by Crippen LogP contribution is 2.24. The van der Waals surface area contributed by atoms with E-state index in [2.05, 4.69) is 22.3 Å². The Labute approximate surface area is 170 Å². The van der Waals surface area contributed by atoms with Gasteiger partial charge in [-0.15, -0.1) is 0 Å². The van der Waals surface area contributed by atoms with Crippen LogP contribution >= 0.6 is 0 Å². The van der Waals surface area contributed by atoms with Crippen molar-refractivity contribution in [3.63, 3.8) is 0 Å². The van der Waals surface area contributed by atoms with Crippen LogP contribution in [0.4, 0.5) is 11.4 Å². The van der Waals surface area contributed by atoms with E-state index in [9.17, 15) is 14.9 Å². The lowest BCUT2D eigenvalue weighted by Crippen LogP contribution is -2.35. The van der Waals surface area contributed by atoms with Crippen LogP contribution in [0.2, 0.25) is 0 Å². The number of amides is 1. The molecular formula is C21H26N4O4. The fourth-order valence-corrected chi connectivity index (χ4v) is 3.27. The number of nitro benzene ring substituents is 1. The monoisotopic (exact) mass is 398 g/mol. The van der Waals surface area contributed by atoms with Crippen molar-refractivity contribution in [2.75, 3.05) is 45.3 Å². The Balaban J connectivity index is 1.63. The van der Waals surface area contributed by atoms with Gasteiger partial charge in [-0.3, -0.25) is 19.8 Å². The number of hydrogen-bond acceptors (Lipinski definition) is 6. The Hall–Kier alpha value is -2.97. The Kier molecular flexibility index (Phi) is 6.79. The molecule has 1 heterocycles. The summed E-state index contributed by atoms with van der Waals surface area (Å²) in [6.07, 6.45) is 0. The van der Waals surface area contributed by atoms with Crippen LogP contribution in [0.3, 0.4) is 0 Å². The molecule has 0 aromatic heterocycles. The topological polar surface area (TPSA) is 87.9 Å². The number of nitrogens with zero attached hydrogens (tertiary/aromatic N) is 3. The van der Waals surface area contributed by atoms with Crippen molar-refractivity contribution in [1.82, 2.24) is 10.2 Å². The van der Waals surface area contributed by atoms with E-state index in [0.29, 0.717) is 12.2 Å². The lowest BCUT2D eigenvalue weighted by Gasteiger charge is -2.26. The quantitative estimate of drug-likeness (QED) is 0.569. The molecule has 1 fully saturated rings. The standard InChI is InChI=1S/C21H26N4O4/c1-23(2)20-8-7-18(25(27)28)13-19(20)21(26)22-14-16-3-5-17(6-4-16)15-24-9-11-29-12-10-24/h3-8,13H,9-12,14-15H2,1-2H3,(H,22,26). The van der Waals surface area contributed by atoms with Gasteiger partial charge in [-0.25, -0.2) is 0 Å². The summed E-state index contributed by atoms with van der Waals surface area (Å²) < 4.78 is 5.37. The molecule has 0 atom stereocenters. The minimum atomic E-state index is -0.497. The van der Waals surface area contributed by atoms with Crippen molar-refractivity contribution in [1.29, 1.82) is 0 Å². The van der Waals surface area contributed by atoms with Gasteiger partial charge in [0.2, 0.25) is 0 Å². The number of hydrogen-bond donors (Lipinski definition) is 1. The lowest BCUT2D eigenvalue weighted by molar-refractivity contribution is -0.384. The number of anilines is 1. The molecule has 0 radical (unpaired) electrons. The predicted molar refractivity (Wildman–Crippen MR) is 111 cm³/mol. The van der Waals surface area contributed by atoms with Crippen LogP contribution in [-0.4, -0.2) is 56.1 Å². The molecule has 0 aliphatic carbocycles. The number of non-ortho nitro benzene ring substituents is 1. The van der Waals surface area contributed by atoms with E-state index >= 15 is 0 Å². The molecule has 2 aromatic carbocycles. The van der Waals surface area contributed by atoms with Gasteiger partial charge in [-0.2, -0.15) is 0 Å². The first-order valence-corrected chi connectivity index (χ1v) is 9.56. The van der Waals surface area contributed by atoms with Crippen molar-refractivity contribution in [2.45, 2.75) is 13.1 Å². The summed E-state index contributed by atoms with van der Waals surface area (Å²) in [7, 11) is 3.59. The van der Waals surface area contributed by atoms with E-state index < -0.39 is 4.92 Å². The van der Waals surface area contributed by atoms with Gasteiger partial charge in [0.25, 0.3) is 11.6 Å². The molecule has 29 heavy (non-hydrogen) atoms. The van der Waals surface area contributed by atoms with E-state index in [4.69, 9.17) is 4.74 Å². The molecule has 1 aliphatic heterocycles. The highest BCUT2D eigenvalue weighted by atomic mass is 16.6. The van der Waals surface area contributed by atoms with Crippen LogP contribution < -0.4 is 10.2 Å². The van der Waals surface area contributed by atoms with Crippen molar-refractivity contribution >= 4 is 17.3 Å². The maximum Gasteiger partial charge on any atom is 0.270 e. The first-order chi connectivity index (χ1) is 13.9. The Morgan fingerprint density at radius 1 is 1.14 bits per heavy atom. The van der Waals surface area contributed by atoms with Crippen LogP contribution in [0.5, 0.6) is 0 Å². The summed E-state index contributed by atoms with van der Waals surface area (Å²) in [4.78, 5) is 27.3. The number of ether oxygens (including phenoxy) is 1. The minimum absolute atomic E-state index is 0.104. The molecule has 1 amide bonds. The second kappa shape index (κ2) is 9.49. The highest BCUT2D eigenvalue weighted by molar-refractivity contribution is 6.00. The lowest BCUT2D eigenvalue weighted by atomic mass is 10.1. The van der Waals surface area contributed by atoms with Gasteiger partial charge in [0.05, 0.1) is 23.7 Å². The van der Waals surface area contributed by atoms with E-state index in [1.54, 1.807) is 25.1 Å². The number of carbonyl (C=O) groups is 1. The third kappa shape index (κ3) is 5.52. The number of nitro groups is 1. The molecule has 1 saturated heterocycles. The summed E-state index contributed by atoms with van der Waals surface area (Å²) in [6.45, 7) is 4.67. The van der Waals surface area contributed by atoms with Crippen molar-refractivity contribution in [3.8, 4) is 0 Å². The molecular weight excluding hydrogens is 372 g/mol. The maximum atomic E-state index is 12.7. The van der Waals surface area contributed by atoms with E-state index in [0.717, 1.165) is 38.4 Å². The highest BCUT2D eigenvalue weighted by Gasteiger charge is 2.18. The normalized spacial score (nSPS) is 14.4. The van der Waals surface area contributed by atoms with Crippen molar-refractivity contribution in [2.24, 2.45) is 0 Å². The first kappa shape index (κ1) is 20.8. The molecule has 1 aliphatic rings. The Morgan fingerprint density at radius 2 is 1.79 bits per heavy atom. The van der Waals surface area contributed by atoms with Crippen LogP contribution in [0.1, 0.15) is 21.5 Å². The number of rotatable bonds is 7. The third-order valence-electron chi connectivity index (χ3n) is 4.90. The second-order valence-electron chi connectivity index (χ2n) is 7.24. The summed E-state index contributed by atoms with van der Waals surface area (Å²) >= 11 is 0. The van der Waals surface area contributed by atoms with Crippen LogP contribution in [0.25, 0.3) is 0 Å². The summed E-state index contributed by atoms with van der Waals surface area (Å²) in [5, 5.41) is 13.9. The molecule has 1 N–H and O–H groups in total. The molecule has 0 bridgehead atoms. The predicted octanol–water partition coefficient (Wildman–Crippen LogP) is 2.42. The van der Waals surface area contributed by atoms with Gasteiger partial charge in [-0.05, 0) is 17.2 Å². The van der Waals surface area contributed by atoms with Crippen molar-refractivity contribution in [3.05, 3.63) is 69.3 Å². The summed E-state index contributed by atoms with van der Waals surface area (Å²) in [6, 6.07) is 12.4. The molecule has 0 saturated carbocycles. The average molecular weight is 398 g/mol. The van der Waals surface area contributed by atoms with Crippen LogP contribution in [0, 0.1) is 10.1 Å². The van der Waals surface area contributed by atoms with Gasteiger partial charge < -0.3 is 15.0 Å². The van der Waals surface area contributed by atoms with Gasteiger partial charge in [0.15, 0.2) is 0 Å². The number of carbonyl (C=O) groups excluding carboxylic acids is 1. The Morgan fingerprint density at radius 3 is 2.41 bits per heavy atom. The van der Waals surface area contributed by atoms with Crippen LogP contribution in [0.15, 0.2) is 42.5 Å². The SMILES string of the molecule is CN(C)c1ccc([N+](=O)[O-])cc1C(=O)NCc1ccc(CN2CCOCC2)cc1. The number of nitrogens with one attached hydrogen (secondary N) is 1. The average Bonchev–Trinajstić information content (AvgIpc) is 2.73. The van der Waals surface area contributed by atoms with Crippen molar-refractivity contribution < 1.29 is 14.5 Å². The van der Waals surface area contributed by atoms with E-state index in [1.165, 1.54) is 17.7 Å². The van der Waals surface area contributed by atoms with E-state index in [-0.39, 0.29) is 17.2 Å². The molecule has 8 nitrogen and oxygen atoms in total. The zero-order chi connectivity index (χ0) is 20.8.